The summed E-state index contributed by atoms with van der Waals surface area (Å²) in [5, 5.41) is 12.5. The number of halogens is 1. The molecule has 6 heteroatoms. The number of nitrogens with one attached hydrogen (secondary N) is 1. The number of hydrogen-bond acceptors (Lipinski definition) is 3. The first-order chi connectivity index (χ1) is 10.0. The lowest BCUT2D eigenvalue weighted by atomic mass is 10.1. The van der Waals surface area contributed by atoms with Crippen LogP contribution in [0.1, 0.15) is 42.7 Å². The van der Waals surface area contributed by atoms with Crippen LogP contribution in [-0.4, -0.2) is 26.6 Å². The molecule has 2 rings (SSSR count). The van der Waals surface area contributed by atoms with Gasteiger partial charge in [-0.25, -0.2) is 0 Å². The Bertz CT molecular complexity index is 614. The first-order valence-corrected chi connectivity index (χ1v) is 8.21. The first-order valence-electron chi connectivity index (χ1n) is 7.42. The standard InChI is InChI=1S/C15H24BrN5/c1-6-10-8-13(20(4)18-10)12(17-3)9-14-15(16)11(7-2)19-21(14)5/h8,12,17H,6-7,9H2,1-5H3. The molecule has 21 heavy (non-hydrogen) atoms. The maximum absolute atomic E-state index is 4.57. The average Bonchev–Trinajstić information content (AvgIpc) is 2.98. The van der Waals surface area contributed by atoms with Gasteiger partial charge >= 0.3 is 0 Å². The fourth-order valence-electron chi connectivity index (χ4n) is 2.63. The third-order valence-corrected chi connectivity index (χ3v) is 4.85. The molecular weight excluding hydrogens is 330 g/mol. The molecule has 5 nitrogen and oxygen atoms in total. The zero-order valence-electron chi connectivity index (χ0n) is 13.4. The fourth-order valence-corrected chi connectivity index (χ4v) is 3.41. The van der Waals surface area contributed by atoms with Crippen molar-refractivity contribution >= 4 is 15.9 Å². The number of likely N-dealkylation sites (N-methyl/N-ethyl adjacent to an activating group) is 1. The lowest BCUT2D eigenvalue weighted by molar-refractivity contribution is 0.518. The van der Waals surface area contributed by atoms with Gasteiger partial charge in [-0.15, -0.1) is 0 Å². The van der Waals surface area contributed by atoms with Crippen LogP contribution in [0, 0.1) is 0 Å². The van der Waals surface area contributed by atoms with E-state index in [0.29, 0.717) is 0 Å². The van der Waals surface area contributed by atoms with E-state index in [4.69, 9.17) is 0 Å². The van der Waals surface area contributed by atoms with Crippen molar-refractivity contribution in [2.75, 3.05) is 7.05 Å². The van der Waals surface area contributed by atoms with Crippen LogP contribution in [0.2, 0.25) is 0 Å². The maximum Gasteiger partial charge on any atom is 0.0766 e. The molecular formula is C15H24BrN5. The highest BCUT2D eigenvalue weighted by Crippen LogP contribution is 2.27. The number of nitrogens with zero attached hydrogens (tertiary/aromatic N) is 4. The van der Waals surface area contributed by atoms with Crippen molar-refractivity contribution in [3.63, 3.8) is 0 Å². The molecule has 2 aromatic rings. The minimum Gasteiger partial charge on any atom is -0.311 e. The molecule has 0 radical (unpaired) electrons. The van der Waals surface area contributed by atoms with Gasteiger partial charge < -0.3 is 5.32 Å². The van der Waals surface area contributed by atoms with Gasteiger partial charge in [-0.2, -0.15) is 10.2 Å². The Hall–Kier alpha value is -1.14. The number of aromatic nitrogens is 4. The highest BCUT2D eigenvalue weighted by atomic mass is 79.9. The second-order valence-electron chi connectivity index (χ2n) is 5.27. The molecule has 0 amide bonds. The molecule has 0 spiro atoms. The maximum atomic E-state index is 4.57. The van der Waals surface area contributed by atoms with Gasteiger partial charge in [-0.3, -0.25) is 9.36 Å². The molecule has 0 aliphatic heterocycles. The zero-order valence-corrected chi connectivity index (χ0v) is 15.0. The molecule has 0 saturated carbocycles. The molecule has 0 aliphatic carbocycles. The van der Waals surface area contributed by atoms with E-state index in [1.807, 2.05) is 30.5 Å². The molecule has 0 fully saturated rings. The van der Waals surface area contributed by atoms with Gasteiger partial charge in [0.25, 0.3) is 0 Å². The Kier molecular flexibility index (Phi) is 5.22. The third-order valence-electron chi connectivity index (χ3n) is 3.93. The number of hydrogen-bond donors (Lipinski definition) is 1. The van der Waals surface area contributed by atoms with E-state index in [1.165, 1.54) is 11.4 Å². The quantitative estimate of drug-likeness (QED) is 0.867. The second-order valence-corrected chi connectivity index (χ2v) is 6.06. The van der Waals surface area contributed by atoms with Crippen LogP contribution < -0.4 is 5.32 Å². The van der Waals surface area contributed by atoms with E-state index in [9.17, 15) is 0 Å². The van der Waals surface area contributed by atoms with E-state index in [-0.39, 0.29) is 6.04 Å². The Morgan fingerprint density at radius 2 is 1.90 bits per heavy atom. The molecule has 1 atom stereocenters. The van der Waals surface area contributed by atoms with Crippen molar-refractivity contribution in [3.8, 4) is 0 Å². The molecule has 2 aromatic heterocycles. The monoisotopic (exact) mass is 353 g/mol. The zero-order chi connectivity index (χ0) is 15.6. The van der Waals surface area contributed by atoms with E-state index in [0.717, 1.165) is 35.1 Å². The van der Waals surface area contributed by atoms with Crippen LogP contribution in [0.4, 0.5) is 0 Å². The smallest absolute Gasteiger partial charge is 0.0766 e. The SMILES string of the molecule is CCc1cc(C(Cc2c(Br)c(CC)nn2C)NC)n(C)n1. The van der Waals surface area contributed by atoms with Crippen molar-refractivity contribution in [3.05, 3.63) is 33.3 Å². The van der Waals surface area contributed by atoms with Gasteiger partial charge in [0.2, 0.25) is 0 Å². The molecule has 1 unspecified atom stereocenters. The molecule has 0 bridgehead atoms. The van der Waals surface area contributed by atoms with Crippen LogP contribution in [0.25, 0.3) is 0 Å². The summed E-state index contributed by atoms with van der Waals surface area (Å²) in [5.74, 6) is 0. The predicted molar refractivity (Wildman–Crippen MR) is 88.4 cm³/mol. The Morgan fingerprint density at radius 3 is 2.38 bits per heavy atom. The summed E-state index contributed by atoms with van der Waals surface area (Å²) in [6.07, 6.45) is 2.77. The van der Waals surface area contributed by atoms with Crippen LogP contribution in [0.15, 0.2) is 10.5 Å². The largest absolute Gasteiger partial charge is 0.311 e. The minimum atomic E-state index is 0.221. The van der Waals surface area contributed by atoms with Gasteiger partial charge in [0, 0.05) is 20.5 Å². The number of aryl methyl sites for hydroxylation is 4. The summed E-state index contributed by atoms with van der Waals surface area (Å²) in [7, 11) is 6.01. The van der Waals surface area contributed by atoms with E-state index in [2.05, 4.69) is 51.4 Å². The molecule has 2 heterocycles. The summed E-state index contributed by atoms with van der Waals surface area (Å²) in [5.41, 5.74) is 4.67. The molecule has 1 N–H and O–H groups in total. The van der Waals surface area contributed by atoms with Gasteiger partial charge in [-0.05, 0) is 41.9 Å². The Labute approximate surface area is 134 Å². The first kappa shape index (κ1) is 16.2. The van der Waals surface area contributed by atoms with Gasteiger partial charge in [0.1, 0.15) is 0 Å². The molecule has 0 aliphatic rings. The number of rotatable bonds is 6. The van der Waals surface area contributed by atoms with Crippen LogP contribution in [-0.2, 0) is 33.4 Å². The fraction of sp³-hybridized carbons (Fsp3) is 0.600. The molecule has 0 aromatic carbocycles. The Morgan fingerprint density at radius 1 is 1.19 bits per heavy atom. The van der Waals surface area contributed by atoms with Crippen molar-refractivity contribution in [1.29, 1.82) is 0 Å². The summed E-state index contributed by atoms with van der Waals surface area (Å²) < 4.78 is 5.08. The lowest BCUT2D eigenvalue weighted by Gasteiger charge is -2.17. The molecule has 116 valence electrons. The van der Waals surface area contributed by atoms with Gasteiger partial charge in [0.15, 0.2) is 0 Å². The van der Waals surface area contributed by atoms with Crippen molar-refractivity contribution in [2.45, 2.75) is 39.2 Å². The summed E-state index contributed by atoms with van der Waals surface area (Å²) in [6, 6.07) is 2.41. The van der Waals surface area contributed by atoms with E-state index < -0.39 is 0 Å². The highest BCUT2D eigenvalue weighted by molar-refractivity contribution is 9.10. The molecule has 0 saturated heterocycles. The van der Waals surface area contributed by atoms with E-state index in [1.54, 1.807) is 0 Å². The Balaban J connectivity index is 2.31. The van der Waals surface area contributed by atoms with Crippen molar-refractivity contribution < 1.29 is 0 Å². The lowest BCUT2D eigenvalue weighted by Crippen LogP contribution is -2.22. The minimum absolute atomic E-state index is 0.221. The van der Waals surface area contributed by atoms with Crippen LogP contribution in [0.3, 0.4) is 0 Å². The van der Waals surface area contributed by atoms with Crippen molar-refractivity contribution in [1.82, 2.24) is 24.9 Å². The topological polar surface area (TPSA) is 47.7 Å². The predicted octanol–water partition coefficient (Wildman–Crippen LogP) is 2.54. The van der Waals surface area contributed by atoms with Crippen LogP contribution >= 0.6 is 15.9 Å². The summed E-state index contributed by atoms with van der Waals surface area (Å²) in [4.78, 5) is 0. The van der Waals surface area contributed by atoms with Crippen molar-refractivity contribution in [2.24, 2.45) is 14.1 Å². The normalized spacial score (nSPS) is 12.9. The van der Waals surface area contributed by atoms with E-state index >= 15 is 0 Å². The van der Waals surface area contributed by atoms with Gasteiger partial charge in [-0.1, -0.05) is 13.8 Å². The third kappa shape index (κ3) is 3.21. The average molecular weight is 354 g/mol. The van der Waals surface area contributed by atoms with Gasteiger partial charge in [0.05, 0.1) is 33.3 Å². The van der Waals surface area contributed by atoms with Crippen LogP contribution in [0.5, 0.6) is 0 Å². The highest BCUT2D eigenvalue weighted by Gasteiger charge is 2.20. The second kappa shape index (κ2) is 6.75. The summed E-state index contributed by atoms with van der Waals surface area (Å²) in [6.45, 7) is 4.26. The summed E-state index contributed by atoms with van der Waals surface area (Å²) >= 11 is 3.70.